The minimum absolute atomic E-state index is 0.0538. The third-order valence-corrected chi connectivity index (χ3v) is 5.82. The molecule has 1 amide bonds. The number of ether oxygens (including phenoxy) is 1. The van der Waals surface area contributed by atoms with Gasteiger partial charge in [-0.05, 0) is 48.9 Å². The monoisotopic (exact) mass is 401 g/mol. The summed E-state index contributed by atoms with van der Waals surface area (Å²) in [6.45, 7) is 0. The first kappa shape index (κ1) is 19.6. The molecule has 2 aromatic rings. The summed E-state index contributed by atoms with van der Waals surface area (Å²) in [5.74, 6) is 0.126. The lowest BCUT2D eigenvalue weighted by Crippen LogP contribution is -2.14. The highest BCUT2D eigenvalue weighted by molar-refractivity contribution is 7.91. The average Bonchev–Trinajstić information content (AvgIpc) is 2.58. The molecular formula is C17H17Cl2NO4S. The van der Waals surface area contributed by atoms with Gasteiger partial charge < -0.3 is 10.1 Å². The molecule has 0 aliphatic heterocycles. The standard InChI is InChI=1S/C17H17Cl2NO4S/c1-24-13-5-7-14(8-6-13)25(22,23)10-2-3-17(21)20-16-11-12(18)4-9-15(16)19/h4-9,11H,2-3,10H2,1H3,(H,20,21). The molecule has 0 fully saturated rings. The van der Waals surface area contributed by atoms with Crippen LogP contribution in [0.15, 0.2) is 47.4 Å². The second-order valence-corrected chi connectivity index (χ2v) is 8.22. The first-order chi connectivity index (χ1) is 11.8. The third-order valence-electron chi connectivity index (χ3n) is 3.44. The number of rotatable bonds is 7. The molecule has 2 rings (SSSR count). The second kappa shape index (κ2) is 8.56. The summed E-state index contributed by atoms with van der Waals surface area (Å²) < 4.78 is 29.5. The molecule has 0 heterocycles. The SMILES string of the molecule is COc1ccc(S(=O)(=O)CCCC(=O)Nc2cc(Cl)ccc2Cl)cc1. The molecular weight excluding hydrogens is 385 g/mol. The topological polar surface area (TPSA) is 72.5 Å². The molecule has 0 aliphatic carbocycles. The van der Waals surface area contributed by atoms with E-state index in [0.717, 1.165) is 0 Å². The van der Waals surface area contributed by atoms with Gasteiger partial charge in [0.25, 0.3) is 0 Å². The Hall–Kier alpha value is -1.76. The quantitative estimate of drug-likeness (QED) is 0.754. The number of hydrogen-bond acceptors (Lipinski definition) is 4. The van der Waals surface area contributed by atoms with Crippen molar-refractivity contribution in [3.8, 4) is 5.75 Å². The van der Waals surface area contributed by atoms with Crippen LogP contribution in [0.2, 0.25) is 10.0 Å². The Morgan fingerprint density at radius 2 is 1.80 bits per heavy atom. The van der Waals surface area contributed by atoms with Crippen LogP contribution in [0.1, 0.15) is 12.8 Å². The van der Waals surface area contributed by atoms with Crippen LogP contribution in [0.5, 0.6) is 5.75 Å². The van der Waals surface area contributed by atoms with Gasteiger partial charge in [0.05, 0.1) is 28.5 Å². The van der Waals surface area contributed by atoms with Gasteiger partial charge in [-0.3, -0.25) is 4.79 Å². The van der Waals surface area contributed by atoms with Crippen LogP contribution in [-0.4, -0.2) is 27.2 Å². The van der Waals surface area contributed by atoms with Crippen molar-refractivity contribution in [3.05, 3.63) is 52.5 Å². The molecule has 25 heavy (non-hydrogen) atoms. The summed E-state index contributed by atoms with van der Waals surface area (Å²) in [5.41, 5.74) is 0.400. The van der Waals surface area contributed by atoms with Crippen LogP contribution in [0.4, 0.5) is 5.69 Å². The number of sulfone groups is 1. The summed E-state index contributed by atoms with van der Waals surface area (Å²) in [6, 6.07) is 10.9. The van der Waals surface area contributed by atoms with Crippen molar-refractivity contribution < 1.29 is 17.9 Å². The molecule has 1 N–H and O–H groups in total. The molecule has 0 aromatic heterocycles. The van der Waals surface area contributed by atoms with Crippen LogP contribution in [0.25, 0.3) is 0 Å². The molecule has 134 valence electrons. The lowest BCUT2D eigenvalue weighted by atomic mass is 10.3. The molecule has 0 radical (unpaired) electrons. The largest absolute Gasteiger partial charge is 0.497 e. The Bertz CT molecular complexity index is 851. The zero-order valence-electron chi connectivity index (χ0n) is 13.5. The molecule has 0 aliphatic rings. The molecule has 8 heteroatoms. The Kier molecular flexibility index (Phi) is 6.70. The number of hydrogen-bond donors (Lipinski definition) is 1. The Morgan fingerprint density at radius 1 is 1.12 bits per heavy atom. The number of methoxy groups -OCH3 is 1. The number of benzene rings is 2. The van der Waals surface area contributed by atoms with Crippen LogP contribution >= 0.6 is 23.2 Å². The fourth-order valence-corrected chi connectivity index (χ4v) is 3.78. The molecule has 0 bridgehead atoms. The van der Waals surface area contributed by atoms with E-state index in [1.165, 1.54) is 25.3 Å². The van der Waals surface area contributed by atoms with E-state index in [1.54, 1.807) is 24.3 Å². The fourth-order valence-electron chi connectivity index (χ4n) is 2.13. The van der Waals surface area contributed by atoms with E-state index in [4.69, 9.17) is 27.9 Å². The summed E-state index contributed by atoms with van der Waals surface area (Å²) in [6.07, 6.45) is 0.247. The van der Waals surface area contributed by atoms with Crippen molar-refractivity contribution in [1.29, 1.82) is 0 Å². The molecule has 0 spiro atoms. The van der Waals surface area contributed by atoms with E-state index in [9.17, 15) is 13.2 Å². The predicted molar refractivity (Wildman–Crippen MR) is 99.4 cm³/mol. The summed E-state index contributed by atoms with van der Waals surface area (Å²) >= 11 is 11.8. The smallest absolute Gasteiger partial charge is 0.224 e. The number of carbonyl (C=O) groups excluding carboxylic acids is 1. The first-order valence-electron chi connectivity index (χ1n) is 7.43. The zero-order valence-corrected chi connectivity index (χ0v) is 15.8. The molecule has 5 nitrogen and oxygen atoms in total. The van der Waals surface area contributed by atoms with Crippen LogP contribution in [0, 0.1) is 0 Å². The number of halogens is 2. The van der Waals surface area contributed by atoms with Gasteiger partial charge in [0.15, 0.2) is 9.84 Å². The van der Waals surface area contributed by atoms with Gasteiger partial charge in [-0.25, -0.2) is 8.42 Å². The number of anilines is 1. The highest BCUT2D eigenvalue weighted by Gasteiger charge is 2.15. The van der Waals surface area contributed by atoms with Crippen molar-refractivity contribution in [2.24, 2.45) is 0 Å². The fraction of sp³-hybridized carbons (Fsp3) is 0.235. The number of carbonyl (C=O) groups is 1. The molecule has 0 unspecified atom stereocenters. The zero-order chi connectivity index (χ0) is 18.4. The number of amides is 1. The van der Waals surface area contributed by atoms with Crippen molar-refractivity contribution in [2.45, 2.75) is 17.7 Å². The van der Waals surface area contributed by atoms with Crippen LogP contribution in [0.3, 0.4) is 0 Å². The summed E-state index contributed by atoms with van der Waals surface area (Å²) in [7, 11) is -1.94. The minimum Gasteiger partial charge on any atom is -0.497 e. The van der Waals surface area contributed by atoms with Gasteiger partial charge in [0.1, 0.15) is 5.75 Å². The predicted octanol–water partition coefficient (Wildman–Crippen LogP) is 4.19. The summed E-state index contributed by atoms with van der Waals surface area (Å²) in [4.78, 5) is 12.2. The van der Waals surface area contributed by atoms with Gasteiger partial charge in [-0.1, -0.05) is 23.2 Å². The first-order valence-corrected chi connectivity index (χ1v) is 9.84. The maximum atomic E-state index is 12.3. The van der Waals surface area contributed by atoms with Crippen molar-refractivity contribution in [3.63, 3.8) is 0 Å². The lowest BCUT2D eigenvalue weighted by Gasteiger charge is -2.08. The van der Waals surface area contributed by atoms with Gasteiger partial charge in [0, 0.05) is 11.4 Å². The lowest BCUT2D eigenvalue weighted by molar-refractivity contribution is -0.116. The second-order valence-electron chi connectivity index (χ2n) is 5.27. The van der Waals surface area contributed by atoms with Crippen molar-refractivity contribution in [1.82, 2.24) is 0 Å². The highest BCUT2D eigenvalue weighted by atomic mass is 35.5. The van der Waals surface area contributed by atoms with Gasteiger partial charge in [-0.15, -0.1) is 0 Å². The maximum absolute atomic E-state index is 12.3. The van der Waals surface area contributed by atoms with Crippen molar-refractivity contribution >= 4 is 44.6 Å². The Labute approximate surface area is 156 Å². The van der Waals surface area contributed by atoms with Crippen LogP contribution in [-0.2, 0) is 14.6 Å². The molecule has 0 atom stereocenters. The normalized spacial score (nSPS) is 11.2. The van der Waals surface area contributed by atoms with E-state index in [1.807, 2.05) is 0 Å². The summed E-state index contributed by atoms with van der Waals surface area (Å²) in [5, 5.41) is 3.44. The Balaban J connectivity index is 1.90. The van der Waals surface area contributed by atoms with Gasteiger partial charge >= 0.3 is 0 Å². The molecule has 2 aromatic carbocycles. The molecule has 0 saturated carbocycles. The van der Waals surface area contributed by atoms with Crippen LogP contribution < -0.4 is 10.1 Å². The van der Waals surface area contributed by atoms with E-state index in [2.05, 4.69) is 5.32 Å². The minimum atomic E-state index is -3.45. The van der Waals surface area contributed by atoms with Gasteiger partial charge in [0.2, 0.25) is 5.91 Å². The average molecular weight is 402 g/mol. The van der Waals surface area contributed by atoms with E-state index in [-0.39, 0.29) is 29.4 Å². The van der Waals surface area contributed by atoms with E-state index in [0.29, 0.717) is 21.5 Å². The highest BCUT2D eigenvalue weighted by Crippen LogP contribution is 2.25. The number of nitrogens with one attached hydrogen (secondary N) is 1. The third kappa shape index (κ3) is 5.63. The molecule has 0 saturated heterocycles. The maximum Gasteiger partial charge on any atom is 0.224 e. The van der Waals surface area contributed by atoms with Crippen molar-refractivity contribution in [2.75, 3.05) is 18.2 Å². The van der Waals surface area contributed by atoms with E-state index >= 15 is 0 Å². The van der Waals surface area contributed by atoms with E-state index < -0.39 is 9.84 Å². The Morgan fingerprint density at radius 3 is 2.44 bits per heavy atom. The van der Waals surface area contributed by atoms with Gasteiger partial charge in [-0.2, -0.15) is 0 Å².